The number of rotatable bonds is 7. The first-order chi connectivity index (χ1) is 11.9. The van der Waals surface area contributed by atoms with Crippen LogP contribution in [-0.4, -0.2) is 44.2 Å². The molecule has 25 heavy (non-hydrogen) atoms. The summed E-state index contributed by atoms with van der Waals surface area (Å²) < 4.78 is 10.6. The van der Waals surface area contributed by atoms with Crippen molar-refractivity contribution in [2.75, 3.05) is 33.4 Å². The molecule has 0 aliphatic carbocycles. The average Bonchev–Trinajstić information content (AvgIpc) is 2.60. The van der Waals surface area contributed by atoms with E-state index in [1.807, 2.05) is 0 Å². The number of carbonyl (C=O) groups is 1. The second-order valence-electron chi connectivity index (χ2n) is 6.45. The third-order valence-corrected chi connectivity index (χ3v) is 4.51. The van der Waals surface area contributed by atoms with Gasteiger partial charge in [-0.15, -0.1) is 0 Å². The summed E-state index contributed by atoms with van der Waals surface area (Å²) in [6.07, 6.45) is 1.89. The van der Waals surface area contributed by atoms with Gasteiger partial charge in [-0.2, -0.15) is 0 Å². The number of nitrogens with zero attached hydrogens (tertiary/aromatic N) is 1. The molecule has 0 saturated carbocycles. The summed E-state index contributed by atoms with van der Waals surface area (Å²) in [5.41, 5.74) is -0.328. The predicted octanol–water partition coefficient (Wildman–Crippen LogP) is 2.12. The fourth-order valence-electron chi connectivity index (χ4n) is 2.91. The van der Waals surface area contributed by atoms with Gasteiger partial charge in [0.25, 0.3) is 11.6 Å². The van der Waals surface area contributed by atoms with Crippen molar-refractivity contribution in [3.8, 4) is 11.5 Å². The second kappa shape index (κ2) is 8.15. The highest BCUT2D eigenvalue weighted by atomic mass is 16.6. The number of benzene rings is 1. The van der Waals surface area contributed by atoms with Crippen LogP contribution in [0, 0.1) is 15.5 Å². The van der Waals surface area contributed by atoms with Gasteiger partial charge in [-0.05, 0) is 38.3 Å². The van der Waals surface area contributed by atoms with Crippen molar-refractivity contribution in [1.82, 2.24) is 10.6 Å². The van der Waals surface area contributed by atoms with Crippen LogP contribution in [0.1, 0.15) is 37.0 Å². The number of nitro benzene ring substituents is 1. The second-order valence-corrected chi connectivity index (χ2v) is 6.45. The third-order valence-electron chi connectivity index (χ3n) is 4.51. The van der Waals surface area contributed by atoms with Gasteiger partial charge >= 0.3 is 0 Å². The monoisotopic (exact) mass is 351 g/mol. The van der Waals surface area contributed by atoms with E-state index in [0.717, 1.165) is 25.9 Å². The number of amides is 1. The Hall–Kier alpha value is -2.35. The fourth-order valence-corrected chi connectivity index (χ4v) is 2.91. The van der Waals surface area contributed by atoms with Crippen molar-refractivity contribution in [2.45, 2.75) is 26.7 Å². The van der Waals surface area contributed by atoms with Crippen LogP contribution in [0.25, 0.3) is 0 Å². The number of methoxy groups -OCH3 is 1. The summed E-state index contributed by atoms with van der Waals surface area (Å²) in [4.78, 5) is 23.4. The van der Waals surface area contributed by atoms with Crippen LogP contribution in [-0.2, 0) is 0 Å². The summed E-state index contributed by atoms with van der Waals surface area (Å²) in [5.74, 6) is 0.0688. The minimum Gasteiger partial charge on any atom is -0.493 e. The number of hydrogen-bond donors (Lipinski definition) is 2. The molecular formula is C17H25N3O5. The Labute approximate surface area is 147 Å². The summed E-state index contributed by atoms with van der Waals surface area (Å²) in [6, 6.07) is 2.60. The molecule has 8 nitrogen and oxygen atoms in total. The van der Waals surface area contributed by atoms with Crippen LogP contribution in [0.3, 0.4) is 0 Å². The molecule has 138 valence electrons. The van der Waals surface area contributed by atoms with E-state index < -0.39 is 10.8 Å². The molecule has 0 unspecified atom stereocenters. The van der Waals surface area contributed by atoms with E-state index in [1.54, 1.807) is 6.92 Å². The molecule has 0 aromatic heterocycles. The van der Waals surface area contributed by atoms with Gasteiger partial charge in [-0.3, -0.25) is 14.9 Å². The molecule has 0 spiro atoms. The molecule has 2 N–H and O–H groups in total. The summed E-state index contributed by atoms with van der Waals surface area (Å²) >= 11 is 0. The topological polar surface area (TPSA) is 103 Å². The zero-order chi connectivity index (χ0) is 18.4. The van der Waals surface area contributed by atoms with Gasteiger partial charge in [0.1, 0.15) is 5.56 Å². The van der Waals surface area contributed by atoms with Crippen LogP contribution in [0.4, 0.5) is 5.69 Å². The van der Waals surface area contributed by atoms with Crippen molar-refractivity contribution in [1.29, 1.82) is 0 Å². The molecule has 0 radical (unpaired) electrons. The molecular weight excluding hydrogens is 326 g/mol. The number of nitrogens with one attached hydrogen (secondary N) is 2. The van der Waals surface area contributed by atoms with Crippen LogP contribution < -0.4 is 20.1 Å². The highest BCUT2D eigenvalue weighted by Crippen LogP contribution is 2.35. The zero-order valence-electron chi connectivity index (χ0n) is 14.9. The first kappa shape index (κ1) is 19.0. The maximum atomic E-state index is 12.6. The van der Waals surface area contributed by atoms with Gasteiger partial charge in [0.05, 0.1) is 24.7 Å². The van der Waals surface area contributed by atoms with Crippen LogP contribution in [0.15, 0.2) is 12.1 Å². The average molecular weight is 351 g/mol. The maximum Gasteiger partial charge on any atom is 0.286 e. The zero-order valence-corrected chi connectivity index (χ0v) is 14.9. The van der Waals surface area contributed by atoms with Gasteiger partial charge in [0, 0.05) is 12.6 Å². The molecule has 8 heteroatoms. The van der Waals surface area contributed by atoms with Crippen LogP contribution >= 0.6 is 0 Å². The fraction of sp³-hybridized carbons (Fsp3) is 0.588. The van der Waals surface area contributed by atoms with E-state index in [1.165, 1.54) is 19.2 Å². The molecule has 1 amide bonds. The van der Waals surface area contributed by atoms with Gasteiger partial charge in [-0.25, -0.2) is 0 Å². The Bertz CT molecular complexity index is 641. The van der Waals surface area contributed by atoms with Crippen LogP contribution in [0.2, 0.25) is 0 Å². The Morgan fingerprint density at radius 3 is 2.60 bits per heavy atom. The summed E-state index contributed by atoms with van der Waals surface area (Å²) in [5, 5.41) is 17.5. The molecule has 1 fully saturated rings. The summed E-state index contributed by atoms with van der Waals surface area (Å²) in [7, 11) is 1.40. The minimum atomic E-state index is -0.584. The van der Waals surface area contributed by atoms with E-state index in [9.17, 15) is 14.9 Å². The van der Waals surface area contributed by atoms with E-state index >= 15 is 0 Å². The Morgan fingerprint density at radius 1 is 1.36 bits per heavy atom. The third kappa shape index (κ3) is 4.60. The lowest BCUT2D eigenvalue weighted by molar-refractivity contribution is -0.385. The van der Waals surface area contributed by atoms with E-state index in [0.29, 0.717) is 18.9 Å². The molecule has 1 heterocycles. The quantitative estimate of drug-likeness (QED) is 0.576. The van der Waals surface area contributed by atoms with Crippen molar-refractivity contribution in [3.05, 3.63) is 27.8 Å². The highest BCUT2D eigenvalue weighted by Gasteiger charge is 2.29. The molecule has 1 aliphatic heterocycles. The number of hydrogen-bond acceptors (Lipinski definition) is 6. The lowest BCUT2D eigenvalue weighted by atomic mass is 9.81. The van der Waals surface area contributed by atoms with E-state index in [4.69, 9.17) is 9.47 Å². The van der Waals surface area contributed by atoms with Gasteiger partial charge in [0.15, 0.2) is 11.5 Å². The first-order valence-electron chi connectivity index (χ1n) is 8.38. The van der Waals surface area contributed by atoms with Gasteiger partial charge in [-0.1, -0.05) is 6.92 Å². The van der Waals surface area contributed by atoms with Crippen molar-refractivity contribution in [3.63, 3.8) is 0 Å². The van der Waals surface area contributed by atoms with E-state index in [2.05, 4.69) is 17.6 Å². The maximum absolute atomic E-state index is 12.6. The molecule has 1 aliphatic rings. The van der Waals surface area contributed by atoms with E-state index in [-0.39, 0.29) is 22.4 Å². The smallest absolute Gasteiger partial charge is 0.286 e. The van der Waals surface area contributed by atoms with Crippen molar-refractivity contribution < 1.29 is 19.2 Å². The standard InChI is InChI=1S/C17H25N3O5/c1-4-25-15-9-12(13(20(22)23)10-14(15)24-3)16(21)19-11-17(2)5-7-18-8-6-17/h9-10,18H,4-8,11H2,1-3H3,(H,19,21). The van der Waals surface area contributed by atoms with Crippen molar-refractivity contribution in [2.24, 2.45) is 5.41 Å². The van der Waals surface area contributed by atoms with Gasteiger partial charge in [0.2, 0.25) is 0 Å². The number of carbonyl (C=O) groups excluding carboxylic acids is 1. The number of nitro groups is 1. The lowest BCUT2D eigenvalue weighted by Crippen LogP contribution is -2.43. The largest absolute Gasteiger partial charge is 0.493 e. The Kier molecular flexibility index (Phi) is 6.19. The Morgan fingerprint density at radius 2 is 2.04 bits per heavy atom. The normalized spacial score (nSPS) is 16.1. The molecule has 2 rings (SSSR count). The van der Waals surface area contributed by atoms with Crippen molar-refractivity contribution >= 4 is 11.6 Å². The molecule has 0 bridgehead atoms. The lowest BCUT2D eigenvalue weighted by Gasteiger charge is -2.34. The number of piperidine rings is 1. The molecule has 1 aromatic rings. The molecule has 0 atom stereocenters. The number of ether oxygens (including phenoxy) is 2. The predicted molar refractivity (Wildman–Crippen MR) is 93.4 cm³/mol. The summed E-state index contributed by atoms with van der Waals surface area (Å²) in [6.45, 7) is 6.55. The highest BCUT2D eigenvalue weighted by molar-refractivity contribution is 5.99. The van der Waals surface area contributed by atoms with Gasteiger partial charge < -0.3 is 20.1 Å². The SMILES string of the molecule is CCOc1cc(C(=O)NCC2(C)CCNCC2)c([N+](=O)[O-])cc1OC. The first-order valence-corrected chi connectivity index (χ1v) is 8.38. The minimum absolute atomic E-state index is 0.00902. The molecule has 1 saturated heterocycles. The Balaban J connectivity index is 2.24. The molecule has 1 aromatic carbocycles. The van der Waals surface area contributed by atoms with Crippen LogP contribution in [0.5, 0.6) is 11.5 Å².